The number of hydrogen-bond acceptors (Lipinski definition) is 16. The van der Waals surface area contributed by atoms with Crippen LogP contribution in [0.25, 0.3) is 43.6 Å². The summed E-state index contributed by atoms with van der Waals surface area (Å²) >= 11 is 0. The van der Waals surface area contributed by atoms with Gasteiger partial charge in [-0.15, -0.1) is 0 Å². The maximum Gasteiger partial charge on any atom is 2.00 e. The summed E-state index contributed by atoms with van der Waals surface area (Å²) in [6.45, 7) is 0. The Morgan fingerprint density at radius 1 is 0.262 bits per heavy atom. The van der Waals surface area contributed by atoms with E-state index < -0.39 is 23.9 Å². The molecule has 0 unspecified atom stereocenters. The number of carboxylic acid groups (broad SMARTS) is 4. The zero-order valence-corrected chi connectivity index (χ0v) is 50.1. The van der Waals surface area contributed by atoms with Crippen LogP contribution in [0.2, 0.25) is 0 Å². The average molecular weight is 1220 g/mol. The van der Waals surface area contributed by atoms with Gasteiger partial charge in [0.15, 0.2) is 0 Å². The zero-order valence-electron chi connectivity index (χ0n) is 44.2. The number of aromatic carboxylic acids is 4. The number of ether oxygens (including phenoxy) is 4. The van der Waals surface area contributed by atoms with E-state index in [2.05, 4.69) is 68.5 Å². The number of hydrogen-bond donors (Lipinski definition) is 0. The van der Waals surface area contributed by atoms with E-state index in [4.69, 9.17) is 18.9 Å². The van der Waals surface area contributed by atoms with Crippen LogP contribution in [0.4, 0.5) is 0 Å². The van der Waals surface area contributed by atoms with Crippen molar-refractivity contribution in [1.82, 2.24) is 19.9 Å². The second-order valence-corrected chi connectivity index (χ2v) is 17.0. The third kappa shape index (κ3) is 17.3. The second kappa shape index (κ2) is 31.0. The third-order valence-corrected chi connectivity index (χ3v) is 11.6. The zero-order chi connectivity index (χ0) is 55.8. The molecule has 408 valence electrons. The molecule has 12 rings (SSSR count). The minimum atomic E-state index is -1.25. The summed E-state index contributed by atoms with van der Waals surface area (Å²) in [6, 6.07) is 61.3. The van der Waals surface area contributed by atoms with Crippen molar-refractivity contribution in [2.75, 3.05) is 0 Å². The molecule has 0 aliphatic rings. The van der Waals surface area contributed by atoms with Crippen LogP contribution in [0.5, 0.6) is 46.0 Å². The Morgan fingerprint density at radius 2 is 0.464 bits per heavy atom. The molecule has 0 fully saturated rings. The molecule has 0 spiro atoms. The fraction of sp³-hybridized carbons (Fsp3) is 0. The first-order chi connectivity index (χ1) is 38.9. The summed E-state index contributed by atoms with van der Waals surface area (Å²) in [5, 5.41) is 47.5. The molecule has 4 heterocycles. The SMILES string of the molecule is O.O.O=C([O-])c1ccc(Oc2cccc(Oc3ccc(C(=O)[O-])cc3)c2)cc1.O=C([O-])c1ccc(Oc2cccc(Oc3ccc(C(=O)[O-])cc3)c2)cc1.[Zn+2].[Zn+2].c1cnc2c(c1)ccc1cccnc12.c1cnc2c(c1)ccc1cccnc12. The Labute approximate surface area is 504 Å². The van der Waals surface area contributed by atoms with Crippen molar-refractivity contribution in [2.24, 2.45) is 0 Å². The molecular weight excluding hydrogens is 1180 g/mol. The number of rotatable bonds is 12. The van der Waals surface area contributed by atoms with E-state index in [0.29, 0.717) is 46.0 Å². The van der Waals surface area contributed by atoms with E-state index in [1.165, 1.54) is 97.1 Å². The third-order valence-electron chi connectivity index (χ3n) is 11.6. The van der Waals surface area contributed by atoms with Gasteiger partial charge < -0.3 is 69.5 Å². The van der Waals surface area contributed by atoms with Crippen LogP contribution in [0, 0.1) is 0 Å². The molecule has 20 heteroatoms. The van der Waals surface area contributed by atoms with Gasteiger partial charge in [-0.1, -0.05) is 60.7 Å². The van der Waals surface area contributed by atoms with Crippen molar-refractivity contribution in [1.29, 1.82) is 0 Å². The smallest absolute Gasteiger partial charge is 0.545 e. The van der Waals surface area contributed by atoms with Gasteiger partial charge in [-0.05, 0) is 168 Å². The number of carbonyl (C=O) groups is 4. The molecule has 12 aromatic rings. The van der Waals surface area contributed by atoms with E-state index in [1.54, 1.807) is 73.3 Å². The van der Waals surface area contributed by atoms with Gasteiger partial charge in [0, 0.05) is 58.5 Å². The molecular formula is C64H44N4O14Zn2. The van der Waals surface area contributed by atoms with Gasteiger partial charge in [0.25, 0.3) is 0 Å². The molecule has 4 N–H and O–H groups in total. The second-order valence-electron chi connectivity index (χ2n) is 17.0. The molecule has 0 amide bonds. The first-order valence-corrected chi connectivity index (χ1v) is 24.3. The number of aromatic nitrogens is 4. The fourth-order valence-electron chi connectivity index (χ4n) is 7.74. The average Bonchev–Trinajstić information content (AvgIpc) is 3.66. The Balaban J connectivity index is 0.000000209. The summed E-state index contributed by atoms with van der Waals surface area (Å²) < 4.78 is 22.7. The van der Waals surface area contributed by atoms with Gasteiger partial charge in [0.1, 0.15) is 46.0 Å². The van der Waals surface area contributed by atoms with Crippen molar-refractivity contribution in [3.63, 3.8) is 0 Å². The summed E-state index contributed by atoms with van der Waals surface area (Å²) in [5.41, 5.74) is 4.17. The summed E-state index contributed by atoms with van der Waals surface area (Å²) in [6.07, 6.45) is 7.21. The molecule has 0 saturated carbocycles. The van der Waals surface area contributed by atoms with Crippen molar-refractivity contribution in [2.45, 2.75) is 0 Å². The van der Waals surface area contributed by atoms with Crippen LogP contribution in [0.1, 0.15) is 41.4 Å². The summed E-state index contributed by atoms with van der Waals surface area (Å²) in [5.74, 6) is -1.18. The molecule has 0 atom stereocenters. The standard InChI is InChI=1S/2C20H14O6.2C12H8N2.2H2O.2Zn/c2*21-19(22)13-4-8-15(9-5-13)25-17-2-1-3-18(12-17)26-16-10-6-14(7-11-16)20(23)24;2*1-3-9-5-6-10-4-2-8-14-12(10)11(9)13-7-1;;;;/h2*1-12H,(H,21,22)(H,23,24);2*1-8H;2*1H2;;/q;;;;;;2*+2/p-4. The molecule has 18 nitrogen and oxygen atoms in total. The largest absolute Gasteiger partial charge is 2.00 e. The number of carboxylic acids is 4. The van der Waals surface area contributed by atoms with Crippen LogP contribution in [0.15, 0.2) is 243 Å². The Morgan fingerprint density at radius 3 is 0.655 bits per heavy atom. The minimum absolute atomic E-state index is 0. The predicted molar refractivity (Wildman–Crippen MR) is 298 cm³/mol. The summed E-state index contributed by atoms with van der Waals surface area (Å²) in [7, 11) is 0. The number of fused-ring (bicyclic) bond motifs is 6. The number of benzene rings is 8. The Bertz CT molecular complexity index is 3630. The van der Waals surface area contributed by atoms with Gasteiger partial charge in [0.2, 0.25) is 0 Å². The molecule has 84 heavy (non-hydrogen) atoms. The van der Waals surface area contributed by atoms with Gasteiger partial charge >= 0.3 is 39.0 Å². The van der Waals surface area contributed by atoms with Crippen LogP contribution < -0.4 is 39.4 Å². The molecule has 8 aromatic carbocycles. The maximum absolute atomic E-state index is 10.7. The van der Waals surface area contributed by atoms with E-state index in [9.17, 15) is 39.6 Å². The van der Waals surface area contributed by atoms with Gasteiger partial charge in [0.05, 0.1) is 45.9 Å². The molecule has 0 aliphatic heterocycles. The number of nitrogens with zero attached hydrogens (tertiary/aromatic N) is 4. The number of carbonyl (C=O) groups excluding carboxylic acids is 4. The first kappa shape index (κ1) is 64.5. The van der Waals surface area contributed by atoms with E-state index in [0.717, 1.165) is 43.6 Å². The predicted octanol–water partition coefficient (Wildman–Crippen LogP) is 7.91. The van der Waals surface area contributed by atoms with Crippen LogP contribution in [-0.2, 0) is 39.0 Å². The number of pyridine rings is 4. The van der Waals surface area contributed by atoms with Crippen LogP contribution in [-0.4, -0.2) is 54.8 Å². The van der Waals surface area contributed by atoms with E-state index >= 15 is 0 Å². The molecule has 0 bridgehead atoms. The van der Waals surface area contributed by atoms with Crippen LogP contribution >= 0.6 is 0 Å². The van der Waals surface area contributed by atoms with E-state index in [-0.39, 0.29) is 72.2 Å². The van der Waals surface area contributed by atoms with Crippen LogP contribution in [0.3, 0.4) is 0 Å². The summed E-state index contributed by atoms with van der Waals surface area (Å²) in [4.78, 5) is 60.4. The van der Waals surface area contributed by atoms with Crippen molar-refractivity contribution in [3.05, 3.63) is 265 Å². The first-order valence-electron chi connectivity index (χ1n) is 24.3. The topological polar surface area (TPSA) is 312 Å². The van der Waals surface area contributed by atoms with Gasteiger partial charge in [-0.2, -0.15) is 0 Å². The van der Waals surface area contributed by atoms with E-state index in [1.807, 2.05) is 24.3 Å². The molecule has 0 radical (unpaired) electrons. The molecule has 0 saturated heterocycles. The Kier molecular flexibility index (Phi) is 23.8. The fourth-order valence-corrected chi connectivity index (χ4v) is 7.74. The molecule has 4 aromatic heterocycles. The quantitative estimate of drug-likeness (QED) is 0.0828. The monoisotopic (exact) mass is 1220 g/mol. The van der Waals surface area contributed by atoms with Crippen molar-refractivity contribution >= 4 is 67.5 Å². The molecule has 0 aliphatic carbocycles. The Hall–Kier alpha value is -10.4. The van der Waals surface area contributed by atoms with Crippen molar-refractivity contribution < 1.29 is 108 Å². The van der Waals surface area contributed by atoms with Crippen molar-refractivity contribution in [3.8, 4) is 46.0 Å². The van der Waals surface area contributed by atoms with Gasteiger partial charge in [-0.25, -0.2) is 0 Å². The maximum atomic E-state index is 10.7. The normalized spacial score (nSPS) is 9.90. The minimum Gasteiger partial charge on any atom is -0.545 e. The van der Waals surface area contributed by atoms with Gasteiger partial charge in [-0.3, -0.25) is 19.9 Å².